The standard InChI is InChI=1S/C16H24N4O2/c1-13(21)18-14-4-2-5-15(12-14)20-10-8-19(9-11-20)7-3-6-16(17)22/h2,4-5,12H,3,6-11H2,1H3,(H2,17,22)(H,18,21). The molecular weight excluding hydrogens is 280 g/mol. The molecule has 0 radical (unpaired) electrons. The fourth-order valence-electron chi connectivity index (χ4n) is 2.69. The number of hydrogen-bond donors (Lipinski definition) is 2. The molecule has 1 heterocycles. The molecule has 0 saturated carbocycles. The topological polar surface area (TPSA) is 78.7 Å². The molecule has 6 nitrogen and oxygen atoms in total. The first-order valence-electron chi connectivity index (χ1n) is 7.68. The molecule has 6 heteroatoms. The molecule has 0 aliphatic carbocycles. The number of nitrogens with zero attached hydrogens (tertiary/aromatic N) is 2. The van der Waals surface area contributed by atoms with Gasteiger partial charge in [-0.05, 0) is 31.2 Å². The van der Waals surface area contributed by atoms with Crippen LogP contribution in [0.5, 0.6) is 0 Å². The first-order valence-corrected chi connectivity index (χ1v) is 7.68. The van der Waals surface area contributed by atoms with Gasteiger partial charge in [-0.2, -0.15) is 0 Å². The summed E-state index contributed by atoms with van der Waals surface area (Å²) in [6, 6.07) is 7.92. The van der Waals surface area contributed by atoms with Gasteiger partial charge in [0.05, 0.1) is 0 Å². The first kappa shape index (κ1) is 16.3. The number of carbonyl (C=O) groups excluding carboxylic acids is 2. The number of nitrogens with one attached hydrogen (secondary N) is 1. The van der Waals surface area contributed by atoms with E-state index in [0.29, 0.717) is 6.42 Å². The van der Waals surface area contributed by atoms with Gasteiger partial charge in [0.25, 0.3) is 0 Å². The molecule has 3 N–H and O–H groups in total. The third-order valence-corrected chi connectivity index (χ3v) is 3.80. The van der Waals surface area contributed by atoms with Gasteiger partial charge >= 0.3 is 0 Å². The quantitative estimate of drug-likeness (QED) is 0.823. The Morgan fingerprint density at radius 2 is 1.95 bits per heavy atom. The third kappa shape index (κ3) is 5.04. The summed E-state index contributed by atoms with van der Waals surface area (Å²) in [6.45, 7) is 6.27. The van der Waals surface area contributed by atoms with E-state index in [0.717, 1.165) is 50.5 Å². The van der Waals surface area contributed by atoms with E-state index in [1.54, 1.807) is 0 Å². The van der Waals surface area contributed by atoms with Gasteiger partial charge in [-0.15, -0.1) is 0 Å². The molecule has 1 aromatic rings. The zero-order valence-corrected chi connectivity index (χ0v) is 13.0. The van der Waals surface area contributed by atoms with E-state index in [1.807, 2.05) is 18.2 Å². The summed E-state index contributed by atoms with van der Waals surface area (Å²) in [4.78, 5) is 26.6. The lowest BCUT2D eigenvalue weighted by molar-refractivity contribution is -0.118. The van der Waals surface area contributed by atoms with E-state index < -0.39 is 0 Å². The number of amides is 2. The number of primary amides is 1. The van der Waals surface area contributed by atoms with Crippen molar-refractivity contribution in [2.24, 2.45) is 5.73 Å². The number of piperazine rings is 1. The molecule has 1 fully saturated rings. The minimum atomic E-state index is -0.228. The predicted octanol–water partition coefficient (Wildman–Crippen LogP) is 1.03. The second-order valence-corrected chi connectivity index (χ2v) is 5.63. The number of anilines is 2. The Bertz CT molecular complexity index is 525. The van der Waals surface area contributed by atoms with Crippen LogP contribution in [-0.2, 0) is 9.59 Å². The van der Waals surface area contributed by atoms with Crippen LogP contribution in [-0.4, -0.2) is 49.4 Å². The molecule has 2 amide bonds. The highest BCUT2D eigenvalue weighted by Crippen LogP contribution is 2.21. The molecule has 1 saturated heterocycles. The van der Waals surface area contributed by atoms with E-state index in [-0.39, 0.29) is 11.8 Å². The Balaban J connectivity index is 1.83. The Labute approximate surface area is 131 Å². The molecule has 0 aromatic heterocycles. The van der Waals surface area contributed by atoms with E-state index >= 15 is 0 Å². The van der Waals surface area contributed by atoms with Crippen LogP contribution < -0.4 is 16.0 Å². The maximum absolute atomic E-state index is 11.1. The van der Waals surface area contributed by atoms with Gasteiger partial charge in [-0.1, -0.05) is 6.07 Å². The van der Waals surface area contributed by atoms with Crippen molar-refractivity contribution < 1.29 is 9.59 Å². The Morgan fingerprint density at radius 1 is 1.23 bits per heavy atom. The third-order valence-electron chi connectivity index (χ3n) is 3.80. The van der Waals surface area contributed by atoms with Crippen molar-refractivity contribution in [3.63, 3.8) is 0 Å². The monoisotopic (exact) mass is 304 g/mol. The molecule has 2 rings (SSSR count). The number of nitrogens with two attached hydrogens (primary N) is 1. The van der Waals surface area contributed by atoms with Crippen molar-refractivity contribution in [2.75, 3.05) is 42.9 Å². The number of rotatable bonds is 6. The van der Waals surface area contributed by atoms with E-state index in [1.165, 1.54) is 6.92 Å². The lowest BCUT2D eigenvalue weighted by Crippen LogP contribution is -2.46. The summed E-state index contributed by atoms with van der Waals surface area (Å²) >= 11 is 0. The number of carbonyl (C=O) groups is 2. The molecule has 1 aliphatic rings. The van der Waals surface area contributed by atoms with E-state index in [2.05, 4.69) is 21.2 Å². The first-order chi connectivity index (χ1) is 10.5. The highest BCUT2D eigenvalue weighted by atomic mass is 16.1. The summed E-state index contributed by atoms with van der Waals surface area (Å²) < 4.78 is 0. The fraction of sp³-hybridized carbons (Fsp3) is 0.500. The summed E-state index contributed by atoms with van der Waals surface area (Å²) in [5.74, 6) is -0.287. The Hall–Kier alpha value is -2.08. The summed E-state index contributed by atoms with van der Waals surface area (Å²) in [7, 11) is 0. The minimum absolute atomic E-state index is 0.0589. The van der Waals surface area contributed by atoms with Crippen molar-refractivity contribution in [2.45, 2.75) is 19.8 Å². The fourth-order valence-corrected chi connectivity index (χ4v) is 2.69. The maximum atomic E-state index is 11.1. The Morgan fingerprint density at radius 3 is 2.59 bits per heavy atom. The smallest absolute Gasteiger partial charge is 0.221 e. The largest absolute Gasteiger partial charge is 0.370 e. The zero-order chi connectivity index (χ0) is 15.9. The van der Waals surface area contributed by atoms with Crippen LogP contribution >= 0.6 is 0 Å². The molecule has 120 valence electrons. The summed E-state index contributed by atoms with van der Waals surface area (Å²) in [5.41, 5.74) is 7.11. The highest BCUT2D eigenvalue weighted by Gasteiger charge is 2.17. The van der Waals surface area contributed by atoms with Gasteiger partial charge in [0.1, 0.15) is 0 Å². The maximum Gasteiger partial charge on any atom is 0.221 e. The summed E-state index contributed by atoms with van der Waals surface area (Å²) in [6.07, 6.45) is 1.28. The molecule has 0 atom stereocenters. The van der Waals surface area contributed by atoms with Crippen LogP contribution in [0, 0.1) is 0 Å². The average molecular weight is 304 g/mol. The predicted molar refractivity (Wildman–Crippen MR) is 87.8 cm³/mol. The van der Waals surface area contributed by atoms with Crippen molar-refractivity contribution in [1.29, 1.82) is 0 Å². The normalized spacial score (nSPS) is 15.6. The van der Waals surface area contributed by atoms with Gasteiger partial charge in [-0.25, -0.2) is 0 Å². The number of benzene rings is 1. The summed E-state index contributed by atoms with van der Waals surface area (Å²) in [5, 5.41) is 2.81. The van der Waals surface area contributed by atoms with Gasteiger partial charge in [0.2, 0.25) is 11.8 Å². The van der Waals surface area contributed by atoms with Gasteiger partial charge < -0.3 is 16.0 Å². The molecule has 0 spiro atoms. The van der Waals surface area contributed by atoms with Crippen molar-refractivity contribution in [3.05, 3.63) is 24.3 Å². The average Bonchev–Trinajstić information content (AvgIpc) is 2.47. The zero-order valence-electron chi connectivity index (χ0n) is 13.0. The molecule has 0 unspecified atom stereocenters. The lowest BCUT2D eigenvalue weighted by atomic mass is 10.2. The van der Waals surface area contributed by atoms with Crippen molar-refractivity contribution in [1.82, 2.24) is 4.90 Å². The van der Waals surface area contributed by atoms with Crippen LogP contribution in [0.25, 0.3) is 0 Å². The second kappa shape index (κ2) is 7.79. The Kier molecular flexibility index (Phi) is 5.77. The van der Waals surface area contributed by atoms with Crippen LogP contribution in [0.2, 0.25) is 0 Å². The van der Waals surface area contributed by atoms with Gasteiger partial charge in [0.15, 0.2) is 0 Å². The molecule has 0 bridgehead atoms. The number of hydrogen-bond acceptors (Lipinski definition) is 4. The lowest BCUT2D eigenvalue weighted by Gasteiger charge is -2.36. The van der Waals surface area contributed by atoms with Crippen molar-refractivity contribution >= 4 is 23.2 Å². The minimum Gasteiger partial charge on any atom is -0.370 e. The van der Waals surface area contributed by atoms with E-state index in [9.17, 15) is 9.59 Å². The molecule has 1 aromatic carbocycles. The second-order valence-electron chi connectivity index (χ2n) is 5.63. The highest BCUT2D eigenvalue weighted by molar-refractivity contribution is 5.89. The van der Waals surface area contributed by atoms with E-state index in [4.69, 9.17) is 5.73 Å². The van der Waals surface area contributed by atoms with Crippen LogP contribution in [0.1, 0.15) is 19.8 Å². The SMILES string of the molecule is CC(=O)Nc1cccc(N2CCN(CCCC(N)=O)CC2)c1. The molecule has 22 heavy (non-hydrogen) atoms. The van der Waals surface area contributed by atoms with Crippen LogP contribution in [0.4, 0.5) is 11.4 Å². The van der Waals surface area contributed by atoms with Crippen LogP contribution in [0.3, 0.4) is 0 Å². The molecule has 1 aliphatic heterocycles. The van der Waals surface area contributed by atoms with Crippen LogP contribution in [0.15, 0.2) is 24.3 Å². The molecular formula is C16H24N4O2. The van der Waals surface area contributed by atoms with Gasteiger partial charge in [-0.3, -0.25) is 14.5 Å². The van der Waals surface area contributed by atoms with Crippen molar-refractivity contribution in [3.8, 4) is 0 Å². The van der Waals surface area contributed by atoms with Gasteiger partial charge in [0, 0.05) is 50.9 Å².